The minimum atomic E-state index is -2.69. The molecule has 11 heteroatoms. The summed E-state index contributed by atoms with van der Waals surface area (Å²) in [6.07, 6.45) is -1.23. The fourth-order valence-electron chi connectivity index (χ4n) is 7.40. The maximum atomic E-state index is 14.1. The first-order chi connectivity index (χ1) is 20.6. The van der Waals surface area contributed by atoms with Crippen LogP contribution in [-0.4, -0.2) is 88.7 Å². The second-order valence-electron chi connectivity index (χ2n) is 13.1. The number of aliphatic hydroxyl groups excluding tert-OH is 2. The lowest BCUT2D eigenvalue weighted by molar-refractivity contribution is -0.184. The van der Waals surface area contributed by atoms with Gasteiger partial charge in [0.2, 0.25) is 11.7 Å². The second kappa shape index (κ2) is 11.2. The highest BCUT2D eigenvalue weighted by atomic mass is 16.3. The molecule has 0 aromatic heterocycles. The van der Waals surface area contributed by atoms with Gasteiger partial charge in [0.15, 0.2) is 11.4 Å². The average Bonchev–Trinajstić information content (AvgIpc) is 2.94. The van der Waals surface area contributed by atoms with Crippen LogP contribution in [0.2, 0.25) is 0 Å². The van der Waals surface area contributed by atoms with Crippen molar-refractivity contribution in [1.29, 1.82) is 0 Å². The molecule has 3 aliphatic carbocycles. The molecule has 7 N–H and O–H groups in total. The Kier molecular flexibility index (Phi) is 8.02. The number of aliphatic hydroxyl groups is 3. The number of nitrogens with one attached hydrogen (secondary N) is 1. The zero-order valence-electron chi connectivity index (χ0n) is 26.0. The molecule has 0 bridgehead atoms. The van der Waals surface area contributed by atoms with Gasteiger partial charge < -0.3 is 41.3 Å². The second-order valence-corrected chi connectivity index (χ2v) is 13.1. The van der Waals surface area contributed by atoms with Gasteiger partial charge in [-0.05, 0) is 61.5 Å². The van der Waals surface area contributed by atoms with Crippen molar-refractivity contribution >= 4 is 34.6 Å². The van der Waals surface area contributed by atoms with Crippen LogP contribution >= 0.6 is 0 Å². The van der Waals surface area contributed by atoms with Crippen LogP contribution in [0, 0.1) is 17.8 Å². The van der Waals surface area contributed by atoms with E-state index in [1.807, 2.05) is 31.1 Å². The Hall–Kier alpha value is -3.93. The summed E-state index contributed by atoms with van der Waals surface area (Å²) in [7, 11) is 6.93. The van der Waals surface area contributed by atoms with Crippen LogP contribution in [-0.2, 0) is 27.3 Å². The van der Waals surface area contributed by atoms with E-state index in [1.54, 1.807) is 25.1 Å². The third kappa shape index (κ3) is 4.74. The third-order valence-electron chi connectivity index (χ3n) is 9.68. The highest BCUT2D eigenvalue weighted by Crippen LogP contribution is 2.54. The van der Waals surface area contributed by atoms with Gasteiger partial charge >= 0.3 is 0 Å². The molecule has 0 radical (unpaired) electrons. The number of carbonyl (C=O) groups is 3. The number of phenols is 1. The summed E-state index contributed by atoms with van der Waals surface area (Å²) < 4.78 is 0. The first-order valence-electron chi connectivity index (χ1n) is 14.9. The molecule has 2 aromatic carbocycles. The molecular weight excluding hydrogens is 564 g/mol. The summed E-state index contributed by atoms with van der Waals surface area (Å²) in [5, 5.41) is 49.3. The van der Waals surface area contributed by atoms with E-state index < -0.39 is 58.7 Å². The molecule has 3 aliphatic rings. The Labute approximate surface area is 257 Å². The minimum absolute atomic E-state index is 0.0504. The highest BCUT2D eigenvalue weighted by Gasteiger charge is 2.67. The van der Waals surface area contributed by atoms with Crippen molar-refractivity contribution in [2.24, 2.45) is 23.5 Å². The van der Waals surface area contributed by atoms with Crippen molar-refractivity contribution in [1.82, 2.24) is 4.90 Å². The number of Topliss-reactive ketones (excluding diaryl/α,β-unsaturated/α-hetero) is 2. The number of anilines is 2. The number of benzene rings is 2. The van der Waals surface area contributed by atoms with Crippen LogP contribution in [0.4, 0.5) is 11.4 Å². The predicted octanol–water partition coefficient (Wildman–Crippen LogP) is 1.93. The van der Waals surface area contributed by atoms with Crippen LogP contribution in [0.1, 0.15) is 48.4 Å². The zero-order valence-corrected chi connectivity index (χ0v) is 26.0. The minimum Gasteiger partial charge on any atom is -0.507 e. The Bertz CT molecular complexity index is 1550. The van der Waals surface area contributed by atoms with Crippen molar-refractivity contribution < 1.29 is 34.8 Å². The standard InChI is InChI=1S/C33H42N4O7/c1-15(2)17-9-7-16(8-10-17)14-35-21-13-22(36(3)4)19-11-18-12-20-26(37(5)6)29(40)25(32(34)43)31(42)33(20,44)30(41)23(18)28(39)24(19)27(21)38/h7-10,13,15,18,20,25-26,29,35,38-40,44H,11-12,14H2,1-6H3,(H2,34,43)/t18-,20-,25?,26-,29?,33-/m0/s1. The van der Waals surface area contributed by atoms with Gasteiger partial charge in [0.1, 0.15) is 17.4 Å². The van der Waals surface area contributed by atoms with Crippen molar-refractivity contribution in [2.45, 2.75) is 56.9 Å². The van der Waals surface area contributed by atoms with Crippen LogP contribution < -0.4 is 16.0 Å². The Morgan fingerprint density at radius 3 is 2.30 bits per heavy atom. The van der Waals surface area contributed by atoms with E-state index in [2.05, 4.69) is 31.3 Å². The molecule has 0 aliphatic heterocycles. The monoisotopic (exact) mass is 606 g/mol. The number of fused-ring (bicyclic) bond motifs is 3. The molecule has 44 heavy (non-hydrogen) atoms. The van der Waals surface area contributed by atoms with Crippen molar-refractivity contribution in [3.05, 3.63) is 58.2 Å². The Morgan fingerprint density at radius 2 is 1.75 bits per heavy atom. The molecule has 2 saturated carbocycles. The van der Waals surface area contributed by atoms with Crippen LogP contribution in [0.3, 0.4) is 0 Å². The number of nitrogens with two attached hydrogens (primary N) is 1. The maximum Gasteiger partial charge on any atom is 0.230 e. The van der Waals surface area contributed by atoms with Crippen molar-refractivity contribution in [2.75, 3.05) is 38.4 Å². The van der Waals surface area contributed by atoms with E-state index in [-0.39, 0.29) is 29.7 Å². The van der Waals surface area contributed by atoms with E-state index in [4.69, 9.17) is 5.73 Å². The summed E-state index contributed by atoms with van der Waals surface area (Å²) in [5.41, 5.74) is 6.50. The zero-order chi connectivity index (χ0) is 32.4. The number of likely N-dealkylation sites (N-methyl/N-ethyl adjacent to an activating group) is 1. The largest absolute Gasteiger partial charge is 0.507 e. The van der Waals surface area contributed by atoms with E-state index in [0.717, 1.165) is 5.56 Å². The lowest BCUT2D eigenvalue weighted by Gasteiger charge is -2.53. The smallest absolute Gasteiger partial charge is 0.230 e. The van der Waals surface area contributed by atoms with Crippen LogP contribution in [0.15, 0.2) is 35.9 Å². The molecule has 5 rings (SSSR count). The lowest BCUT2D eigenvalue weighted by atomic mass is 9.54. The number of phenolic OH excluding ortho intramolecular Hbond substituents is 1. The molecule has 2 aromatic rings. The van der Waals surface area contributed by atoms with E-state index in [9.17, 15) is 34.8 Å². The summed E-state index contributed by atoms with van der Waals surface area (Å²) >= 11 is 0. The Balaban J connectivity index is 1.60. The SMILES string of the molecule is CC(C)c1ccc(CNc2cc(N(C)C)c3c(c2O)C(O)=C2C(=O)[C@]4(O)C(=O)C(C(N)=O)C(O)[C@@H](N(C)C)[C@@H]4C[C@@H]2C3)cc1. The first-order valence-corrected chi connectivity index (χ1v) is 14.9. The van der Waals surface area contributed by atoms with E-state index in [1.165, 1.54) is 5.56 Å². The third-order valence-corrected chi connectivity index (χ3v) is 9.68. The normalized spacial score (nSPS) is 28.1. The fourth-order valence-corrected chi connectivity index (χ4v) is 7.40. The average molecular weight is 607 g/mol. The predicted molar refractivity (Wildman–Crippen MR) is 166 cm³/mol. The summed E-state index contributed by atoms with van der Waals surface area (Å²) in [6, 6.07) is 8.97. The molecule has 236 valence electrons. The van der Waals surface area contributed by atoms with Gasteiger partial charge in [-0.1, -0.05) is 38.1 Å². The number of carbonyl (C=O) groups excluding carboxylic acids is 3. The van der Waals surface area contributed by atoms with Gasteiger partial charge in [0.05, 0.1) is 17.4 Å². The first kappa shape index (κ1) is 31.5. The number of rotatable bonds is 7. The number of aromatic hydroxyl groups is 1. The molecule has 0 heterocycles. The van der Waals surface area contributed by atoms with Gasteiger partial charge in [-0.3, -0.25) is 14.4 Å². The number of amides is 1. The van der Waals surface area contributed by atoms with Gasteiger partial charge in [-0.15, -0.1) is 0 Å². The molecule has 2 unspecified atom stereocenters. The summed E-state index contributed by atoms with van der Waals surface area (Å²) in [6.45, 7) is 4.62. The van der Waals surface area contributed by atoms with Gasteiger partial charge in [0.25, 0.3) is 0 Å². The number of hydrogen-bond donors (Lipinski definition) is 6. The summed E-state index contributed by atoms with van der Waals surface area (Å²) in [5.74, 6) is -7.23. The quantitative estimate of drug-likeness (QED) is 0.202. The topological polar surface area (TPSA) is 177 Å². The summed E-state index contributed by atoms with van der Waals surface area (Å²) in [4.78, 5) is 43.4. The number of primary amides is 1. The number of ketones is 2. The Morgan fingerprint density at radius 1 is 1.11 bits per heavy atom. The van der Waals surface area contributed by atoms with Gasteiger partial charge in [-0.2, -0.15) is 0 Å². The highest BCUT2D eigenvalue weighted by molar-refractivity contribution is 6.25. The van der Waals surface area contributed by atoms with Crippen molar-refractivity contribution in [3.63, 3.8) is 0 Å². The molecule has 0 saturated heterocycles. The lowest BCUT2D eigenvalue weighted by Crippen LogP contribution is -2.73. The molecule has 6 atom stereocenters. The van der Waals surface area contributed by atoms with Crippen molar-refractivity contribution in [3.8, 4) is 5.75 Å². The number of hydrogen-bond acceptors (Lipinski definition) is 10. The molecule has 1 amide bonds. The molecular formula is C33H42N4O7. The number of nitrogens with zero attached hydrogens (tertiary/aromatic N) is 2. The van der Waals surface area contributed by atoms with Crippen LogP contribution in [0.25, 0.3) is 5.76 Å². The van der Waals surface area contributed by atoms with Gasteiger partial charge in [0, 0.05) is 43.9 Å². The molecule has 2 fully saturated rings. The molecule has 11 nitrogen and oxygen atoms in total. The van der Waals surface area contributed by atoms with E-state index >= 15 is 0 Å². The maximum absolute atomic E-state index is 14.1. The fraction of sp³-hybridized carbons (Fsp3) is 0.485. The van der Waals surface area contributed by atoms with Gasteiger partial charge in [-0.25, -0.2) is 0 Å². The molecule has 0 spiro atoms. The van der Waals surface area contributed by atoms with E-state index in [0.29, 0.717) is 29.4 Å². The van der Waals surface area contributed by atoms with Crippen LogP contribution in [0.5, 0.6) is 5.75 Å².